The molecular weight excluding hydrogens is 297 g/mol. The molecule has 0 bridgehead atoms. The van der Waals surface area contributed by atoms with Gasteiger partial charge in [0.1, 0.15) is 0 Å². The van der Waals surface area contributed by atoms with Crippen molar-refractivity contribution in [2.24, 2.45) is 0 Å². The number of thiophene rings is 1. The highest BCUT2D eigenvalue weighted by molar-refractivity contribution is 7.17. The molecule has 0 saturated carbocycles. The number of hydrogen-bond acceptors (Lipinski definition) is 3. The molecule has 6 heteroatoms. The van der Waals surface area contributed by atoms with Gasteiger partial charge >= 0.3 is 6.18 Å². The fourth-order valence-electron chi connectivity index (χ4n) is 2.21. The predicted octanol–water partition coefficient (Wildman–Crippen LogP) is 4.86. The molecule has 3 rings (SSSR count). The molecule has 0 radical (unpaired) electrons. The summed E-state index contributed by atoms with van der Waals surface area (Å²) in [4.78, 5) is 7.41. The minimum atomic E-state index is -4.54. The Hall–Kier alpha value is -1.95. The van der Waals surface area contributed by atoms with Crippen molar-refractivity contribution in [1.82, 2.24) is 9.97 Å². The summed E-state index contributed by atoms with van der Waals surface area (Å²) in [6.07, 6.45) is -4.54. The lowest BCUT2D eigenvalue weighted by Crippen LogP contribution is -2.13. The van der Waals surface area contributed by atoms with E-state index in [1.165, 1.54) is 11.3 Å². The van der Waals surface area contributed by atoms with Gasteiger partial charge in [-0.05, 0) is 17.0 Å². The smallest absolute Gasteiger partial charge is 0.227 e. The number of rotatable bonds is 2. The Morgan fingerprint density at radius 1 is 1.05 bits per heavy atom. The van der Waals surface area contributed by atoms with E-state index in [1.807, 2.05) is 37.3 Å². The van der Waals surface area contributed by atoms with Gasteiger partial charge in [0.25, 0.3) is 0 Å². The van der Waals surface area contributed by atoms with Gasteiger partial charge in [-0.1, -0.05) is 37.3 Å². The van der Waals surface area contributed by atoms with Gasteiger partial charge < -0.3 is 0 Å². The summed E-state index contributed by atoms with van der Waals surface area (Å²) in [7, 11) is 0. The van der Waals surface area contributed by atoms with Crippen LogP contribution in [0, 0.1) is 0 Å². The van der Waals surface area contributed by atoms with Crippen molar-refractivity contribution in [2.45, 2.75) is 19.0 Å². The monoisotopic (exact) mass is 308 g/mol. The molecule has 3 aromatic rings. The van der Waals surface area contributed by atoms with Crippen molar-refractivity contribution >= 4 is 21.6 Å². The molecule has 0 aliphatic carbocycles. The second kappa shape index (κ2) is 5.11. The summed E-state index contributed by atoms with van der Waals surface area (Å²) in [5, 5.41) is 1.74. The first-order chi connectivity index (χ1) is 9.97. The molecule has 1 unspecified atom stereocenters. The molecule has 2 aromatic heterocycles. The first kappa shape index (κ1) is 14.0. The summed E-state index contributed by atoms with van der Waals surface area (Å²) in [6, 6.07) is 11.0. The van der Waals surface area contributed by atoms with E-state index in [4.69, 9.17) is 0 Å². The van der Waals surface area contributed by atoms with Crippen molar-refractivity contribution in [3.05, 3.63) is 58.9 Å². The average Bonchev–Trinajstić information content (AvgIpc) is 2.94. The highest BCUT2D eigenvalue weighted by Crippen LogP contribution is 2.35. The zero-order valence-corrected chi connectivity index (χ0v) is 11.9. The summed E-state index contributed by atoms with van der Waals surface area (Å²) >= 11 is 1.36. The van der Waals surface area contributed by atoms with Crippen LogP contribution in [0.1, 0.15) is 29.9 Å². The number of nitrogens with zero attached hydrogens (tertiary/aromatic N) is 2. The van der Waals surface area contributed by atoms with Gasteiger partial charge in [-0.15, -0.1) is 11.3 Å². The SMILES string of the molecule is CC(c1ccccc1)c1nc(C(F)(F)F)nc2ccsc12. The fraction of sp³-hybridized carbons (Fsp3) is 0.200. The third kappa shape index (κ3) is 2.63. The van der Waals surface area contributed by atoms with E-state index in [9.17, 15) is 13.2 Å². The van der Waals surface area contributed by atoms with Gasteiger partial charge in [-0.3, -0.25) is 0 Å². The van der Waals surface area contributed by atoms with E-state index in [0.717, 1.165) is 5.56 Å². The fourth-order valence-corrected chi connectivity index (χ4v) is 3.12. The van der Waals surface area contributed by atoms with Crippen LogP contribution in [0.4, 0.5) is 13.2 Å². The Kier molecular flexibility index (Phi) is 3.41. The summed E-state index contributed by atoms with van der Waals surface area (Å²) in [5.74, 6) is -1.30. The second-order valence-corrected chi connectivity index (χ2v) is 5.61. The molecule has 2 nitrogen and oxygen atoms in total. The van der Waals surface area contributed by atoms with Crippen LogP contribution in [-0.4, -0.2) is 9.97 Å². The lowest BCUT2D eigenvalue weighted by molar-refractivity contribution is -0.144. The van der Waals surface area contributed by atoms with E-state index in [-0.39, 0.29) is 5.92 Å². The highest BCUT2D eigenvalue weighted by atomic mass is 32.1. The first-order valence-electron chi connectivity index (χ1n) is 6.34. The van der Waals surface area contributed by atoms with Gasteiger partial charge in [-0.2, -0.15) is 13.2 Å². The molecule has 0 saturated heterocycles. The Balaban J connectivity index is 2.19. The van der Waals surface area contributed by atoms with Crippen LogP contribution >= 0.6 is 11.3 Å². The minimum Gasteiger partial charge on any atom is -0.227 e. The van der Waals surface area contributed by atoms with E-state index in [0.29, 0.717) is 15.9 Å². The maximum absolute atomic E-state index is 12.9. The Morgan fingerprint density at radius 3 is 2.43 bits per heavy atom. The summed E-state index contributed by atoms with van der Waals surface area (Å²) in [5.41, 5.74) is 1.70. The van der Waals surface area contributed by atoms with Crippen LogP contribution in [0.3, 0.4) is 0 Å². The number of hydrogen-bond donors (Lipinski definition) is 0. The maximum Gasteiger partial charge on any atom is 0.451 e. The van der Waals surface area contributed by atoms with Gasteiger partial charge in [0.15, 0.2) is 0 Å². The number of aromatic nitrogens is 2. The molecule has 1 aromatic carbocycles. The zero-order valence-electron chi connectivity index (χ0n) is 11.1. The van der Waals surface area contributed by atoms with Crippen molar-refractivity contribution in [1.29, 1.82) is 0 Å². The molecule has 0 spiro atoms. The van der Waals surface area contributed by atoms with Crippen molar-refractivity contribution in [2.75, 3.05) is 0 Å². The van der Waals surface area contributed by atoms with Crippen LogP contribution < -0.4 is 0 Å². The maximum atomic E-state index is 12.9. The summed E-state index contributed by atoms with van der Waals surface area (Å²) in [6.45, 7) is 1.86. The standard InChI is InChI=1S/C15H11F3N2S/c1-9(10-5-3-2-4-6-10)12-13-11(7-8-21-13)19-14(20-12)15(16,17)18/h2-9H,1H3. The second-order valence-electron chi connectivity index (χ2n) is 4.70. The highest BCUT2D eigenvalue weighted by Gasteiger charge is 2.36. The van der Waals surface area contributed by atoms with Crippen LogP contribution in [-0.2, 0) is 6.18 Å². The quantitative estimate of drug-likeness (QED) is 0.675. The molecule has 21 heavy (non-hydrogen) atoms. The van der Waals surface area contributed by atoms with E-state index < -0.39 is 12.0 Å². The molecule has 0 N–H and O–H groups in total. The molecule has 0 amide bonds. The largest absolute Gasteiger partial charge is 0.451 e. The molecule has 2 heterocycles. The van der Waals surface area contributed by atoms with E-state index in [1.54, 1.807) is 11.4 Å². The topological polar surface area (TPSA) is 25.8 Å². The molecular formula is C15H11F3N2S. The third-order valence-corrected chi connectivity index (χ3v) is 4.22. The molecule has 0 aliphatic heterocycles. The first-order valence-corrected chi connectivity index (χ1v) is 7.22. The summed E-state index contributed by atoms with van der Waals surface area (Å²) < 4.78 is 39.5. The van der Waals surface area contributed by atoms with Crippen LogP contribution in [0.15, 0.2) is 41.8 Å². The normalized spacial score (nSPS) is 13.5. The Morgan fingerprint density at radius 2 is 1.76 bits per heavy atom. The van der Waals surface area contributed by atoms with Crippen LogP contribution in [0.2, 0.25) is 0 Å². The number of alkyl halides is 3. The lowest BCUT2D eigenvalue weighted by atomic mass is 9.97. The van der Waals surface area contributed by atoms with Crippen molar-refractivity contribution in [3.63, 3.8) is 0 Å². The van der Waals surface area contributed by atoms with E-state index >= 15 is 0 Å². The van der Waals surface area contributed by atoms with Gasteiger partial charge in [0.05, 0.1) is 15.9 Å². The van der Waals surface area contributed by atoms with Crippen molar-refractivity contribution < 1.29 is 13.2 Å². The molecule has 108 valence electrons. The van der Waals surface area contributed by atoms with E-state index in [2.05, 4.69) is 9.97 Å². The zero-order chi connectivity index (χ0) is 15.0. The predicted molar refractivity (Wildman–Crippen MR) is 76.4 cm³/mol. The Labute approximate surface area is 123 Å². The Bertz CT molecular complexity index is 765. The van der Waals surface area contributed by atoms with Gasteiger partial charge in [0, 0.05) is 5.92 Å². The minimum absolute atomic E-state index is 0.226. The average molecular weight is 308 g/mol. The lowest BCUT2D eigenvalue weighted by Gasteiger charge is -2.14. The third-order valence-electron chi connectivity index (χ3n) is 3.29. The number of halogens is 3. The van der Waals surface area contributed by atoms with Gasteiger partial charge in [-0.25, -0.2) is 9.97 Å². The van der Waals surface area contributed by atoms with Crippen molar-refractivity contribution in [3.8, 4) is 0 Å². The number of benzene rings is 1. The van der Waals surface area contributed by atoms with Crippen LogP contribution in [0.25, 0.3) is 10.2 Å². The number of fused-ring (bicyclic) bond motifs is 1. The molecule has 0 fully saturated rings. The molecule has 1 atom stereocenters. The molecule has 0 aliphatic rings. The van der Waals surface area contributed by atoms with Crippen LogP contribution in [0.5, 0.6) is 0 Å². The van der Waals surface area contributed by atoms with Gasteiger partial charge in [0.2, 0.25) is 5.82 Å².